The second-order valence-corrected chi connectivity index (χ2v) is 5.97. The summed E-state index contributed by atoms with van der Waals surface area (Å²) in [6.07, 6.45) is 0.805. The minimum absolute atomic E-state index is 0.107. The smallest absolute Gasteiger partial charge is 0.260 e. The van der Waals surface area contributed by atoms with Gasteiger partial charge in [-0.15, -0.1) is 0 Å². The lowest BCUT2D eigenvalue weighted by atomic mass is 10.1. The van der Waals surface area contributed by atoms with E-state index in [4.69, 9.17) is 5.26 Å². The number of hydrogen-bond acceptors (Lipinski definition) is 4. The molecule has 1 unspecified atom stereocenters. The van der Waals surface area contributed by atoms with Crippen molar-refractivity contribution in [2.75, 3.05) is 5.32 Å². The van der Waals surface area contributed by atoms with E-state index in [1.165, 1.54) is 35.1 Å². The van der Waals surface area contributed by atoms with E-state index in [2.05, 4.69) is 15.4 Å². The van der Waals surface area contributed by atoms with Crippen molar-refractivity contribution in [2.45, 2.75) is 12.3 Å². The van der Waals surface area contributed by atoms with Crippen LogP contribution < -0.4 is 5.32 Å². The van der Waals surface area contributed by atoms with Crippen molar-refractivity contribution >= 4 is 17.2 Å². The van der Waals surface area contributed by atoms with Gasteiger partial charge in [-0.1, -0.05) is 6.07 Å². The fraction of sp³-hybridized carbons (Fsp3) is 0.176. The van der Waals surface area contributed by atoms with E-state index in [9.17, 15) is 18.0 Å². The Bertz CT molecular complexity index is 1090. The predicted octanol–water partition coefficient (Wildman–Crippen LogP) is 3.00. The largest absolute Gasteiger partial charge is 0.325 e. The van der Waals surface area contributed by atoms with Crippen LogP contribution in [0.4, 0.5) is 18.9 Å². The molecule has 6 nitrogen and oxygen atoms in total. The zero-order valence-corrected chi connectivity index (χ0v) is 13.1. The molecule has 3 aromatic rings. The minimum atomic E-state index is -2.97. The quantitative estimate of drug-likeness (QED) is 0.781. The second kappa shape index (κ2) is 5.56. The van der Waals surface area contributed by atoms with Crippen LogP contribution in [0.15, 0.2) is 36.7 Å². The first-order valence-electron chi connectivity index (χ1n) is 7.61. The number of amides is 1. The van der Waals surface area contributed by atoms with Gasteiger partial charge in [0.2, 0.25) is 5.91 Å². The van der Waals surface area contributed by atoms with Gasteiger partial charge in [-0.25, -0.2) is 22.7 Å². The van der Waals surface area contributed by atoms with E-state index in [1.54, 1.807) is 6.07 Å². The number of carbonyl (C=O) groups is 1. The summed E-state index contributed by atoms with van der Waals surface area (Å²) < 4.78 is 41.5. The first-order valence-corrected chi connectivity index (χ1v) is 7.61. The molecule has 1 saturated carbocycles. The third kappa shape index (κ3) is 2.65. The summed E-state index contributed by atoms with van der Waals surface area (Å²) in [5.74, 6) is -5.80. The zero-order valence-electron chi connectivity index (χ0n) is 13.1. The molecule has 1 atom stereocenters. The summed E-state index contributed by atoms with van der Waals surface area (Å²) in [7, 11) is 0. The SMILES string of the molecule is N#Cc1ccc(-c2cc(NC(=O)C3CC3(F)F)cc3ncnn23)cc1F. The van der Waals surface area contributed by atoms with Gasteiger partial charge in [0.15, 0.2) is 5.65 Å². The van der Waals surface area contributed by atoms with Gasteiger partial charge in [-0.05, 0) is 18.2 Å². The molecule has 1 amide bonds. The molecule has 1 aliphatic rings. The van der Waals surface area contributed by atoms with Crippen LogP contribution in [0.3, 0.4) is 0 Å². The Hall–Kier alpha value is -3.41. The van der Waals surface area contributed by atoms with Gasteiger partial charge in [0.05, 0.1) is 11.3 Å². The van der Waals surface area contributed by atoms with E-state index in [1.807, 2.05) is 0 Å². The number of benzene rings is 1. The zero-order chi connectivity index (χ0) is 18.5. The van der Waals surface area contributed by atoms with Crippen LogP contribution >= 0.6 is 0 Å². The van der Waals surface area contributed by atoms with Crippen LogP contribution in [0.1, 0.15) is 12.0 Å². The Balaban J connectivity index is 1.75. The van der Waals surface area contributed by atoms with Gasteiger partial charge in [0.25, 0.3) is 5.92 Å². The first-order chi connectivity index (χ1) is 12.4. The van der Waals surface area contributed by atoms with Crippen molar-refractivity contribution in [2.24, 2.45) is 5.92 Å². The lowest BCUT2D eigenvalue weighted by molar-refractivity contribution is -0.119. The molecule has 2 aromatic heterocycles. The summed E-state index contributed by atoms with van der Waals surface area (Å²) in [6, 6.07) is 8.71. The Morgan fingerprint density at radius 1 is 1.35 bits per heavy atom. The van der Waals surface area contributed by atoms with Crippen molar-refractivity contribution in [3.8, 4) is 17.3 Å². The number of halogens is 3. The van der Waals surface area contributed by atoms with E-state index in [0.29, 0.717) is 16.9 Å². The summed E-state index contributed by atoms with van der Waals surface area (Å²) in [5.41, 5.74) is 1.28. The number of anilines is 1. The molecule has 0 spiro atoms. The van der Waals surface area contributed by atoms with Crippen LogP contribution in [-0.2, 0) is 4.79 Å². The molecule has 130 valence electrons. The molecule has 26 heavy (non-hydrogen) atoms. The van der Waals surface area contributed by atoms with Gasteiger partial charge in [0, 0.05) is 23.7 Å². The van der Waals surface area contributed by atoms with Gasteiger partial charge in [-0.2, -0.15) is 10.4 Å². The molecule has 4 rings (SSSR count). The Morgan fingerprint density at radius 2 is 2.12 bits per heavy atom. The maximum absolute atomic E-state index is 14.0. The number of fused-ring (bicyclic) bond motifs is 1. The normalized spacial score (nSPS) is 17.7. The minimum Gasteiger partial charge on any atom is -0.325 e. The van der Waals surface area contributed by atoms with E-state index in [0.717, 1.165) is 6.07 Å². The molecule has 0 saturated heterocycles. The Morgan fingerprint density at radius 3 is 2.77 bits per heavy atom. The highest BCUT2D eigenvalue weighted by Gasteiger charge is 2.61. The van der Waals surface area contributed by atoms with Crippen LogP contribution in [-0.4, -0.2) is 26.4 Å². The number of pyridine rings is 1. The molecule has 1 aromatic carbocycles. The van der Waals surface area contributed by atoms with Crippen LogP contribution in [0.25, 0.3) is 16.9 Å². The molecule has 0 radical (unpaired) electrons. The van der Waals surface area contributed by atoms with Crippen molar-refractivity contribution in [1.82, 2.24) is 14.6 Å². The predicted molar refractivity (Wildman–Crippen MR) is 84.8 cm³/mol. The number of aromatic nitrogens is 3. The maximum Gasteiger partial charge on any atom is 0.260 e. The first kappa shape index (κ1) is 16.1. The van der Waals surface area contributed by atoms with Gasteiger partial charge < -0.3 is 5.32 Å². The highest BCUT2D eigenvalue weighted by Crippen LogP contribution is 2.49. The lowest BCUT2D eigenvalue weighted by Crippen LogP contribution is -2.17. The number of rotatable bonds is 3. The lowest BCUT2D eigenvalue weighted by Gasteiger charge is -2.10. The summed E-state index contributed by atoms with van der Waals surface area (Å²) in [6.45, 7) is 0. The summed E-state index contributed by atoms with van der Waals surface area (Å²) >= 11 is 0. The number of alkyl halides is 2. The molecule has 1 fully saturated rings. The summed E-state index contributed by atoms with van der Waals surface area (Å²) in [4.78, 5) is 15.9. The maximum atomic E-state index is 14.0. The standard InChI is InChI=1S/C17H10F3N5O/c18-13-3-9(1-2-10(13)7-21)14-4-11(5-15-22-8-23-25(14)15)24-16(26)12-6-17(12,19)20/h1-5,8,12H,6H2,(H,24,26). The number of carbonyl (C=O) groups excluding carboxylic acids is 1. The average Bonchev–Trinajstić information content (AvgIpc) is 3.02. The van der Waals surface area contributed by atoms with E-state index < -0.39 is 30.0 Å². The fourth-order valence-corrected chi connectivity index (χ4v) is 2.69. The third-order valence-corrected chi connectivity index (χ3v) is 4.17. The van der Waals surface area contributed by atoms with Crippen molar-refractivity contribution in [1.29, 1.82) is 5.26 Å². The average molecular weight is 357 g/mol. The van der Waals surface area contributed by atoms with Crippen molar-refractivity contribution in [3.63, 3.8) is 0 Å². The highest BCUT2D eigenvalue weighted by molar-refractivity contribution is 5.96. The fourth-order valence-electron chi connectivity index (χ4n) is 2.69. The molecule has 2 heterocycles. The van der Waals surface area contributed by atoms with Crippen LogP contribution in [0.5, 0.6) is 0 Å². The van der Waals surface area contributed by atoms with E-state index >= 15 is 0 Å². The molecule has 9 heteroatoms. The molecule has 0 bridgehead atoms. The monoisotopic (exact) mass is 357 g/mol. The van der Waals surface area contributed by atoms with Crippen LogP contribution in [0, 0.1) is 23.1 Å². The van der Waals surface area contributed by atoms with Gasteiger partial charge >= 0.3 is 0 Å². The Labute approximate surface area is 144 Å². The number of nitrogens with zero attached hydrogens (tertiary/aromatic N) is 4. The van der Waals surface area contributed by atoms with Crippen LogP contribution in [0.2, 0.25) is 0 Å². The summed E-state index contributed by atoms with van der Waals surface area (Å²) in [5, 5.41) is 15.3. The molecule has 0 aliphatic heterocycles. The van der Waals surface area contributed by atoms with E-state index in [-0.39, 0.29) is 11.3 Å². The molecule has 1 N–H and O–H groups in total. The third-order valence-electron chi connectivity index (χ3n) is 4.17. The Kier molecular flexibility index (Phi) is 3.44. The molecule has 1 aliphatic carbocycles. The molecular weight excluding hydrogens is 347 g/mol. The molecular formula is C17H10F3N5O. The topological polar surface area (TPSA) is 83.1 Å². The van der Waals surface area contributed by atoms with Gasteiger partial charge in [0.1, 0.15) is 24.1 Å². The van der Waals surface area contributed by atoms with Crippen molar-refractivity contribution < 1.29 is 18.0 Å². The second-order valence-electron chi connectivity index (χ2n) is 5.97. The number of hydrogen-bond donors (Lipinski definition) is 1. The van der Waals surface area contributed by atoms with Gasteiger partial charge in [-0.3, -0.25) is 4.79 Å². The number of nitrogens with one attached hydrogen (secondary N) is 1. The van der Waals surface area contributed by atoms with Crippen molar-refractivity contribution in [3.05, 3.63) is 48.0 Å². The number of nitriles is 1. The highest BCUT2D eigenvalue weighted by atomic mass is 19.3.